The van der Waals surface area contributed by atoms with Crippen LogP contribution in [-0.4, -0.2) is 11.8 Å². The summed E-state index contributed by atoms with van der Waals surface area (Å²) in [6.07, 6.45) is 0. The number of carbonyl (C=O) groups excluding carboxylic acids is 2. The van der Waals surface area contributed by atoms with E-state index in [1.54, 1.807) is 0 Å². The van der Waals surface area contributed by atoms with Crippen LogP contribution < -0.4 is 11.1 Å². The van der Waals surface area contributed by atoms with Crippen molar-refractivity contribution in [2.45, 2.75) is 0 Å². The molecule has 0 bridgehead atoms. The maximum Gasteiger partial charge on any atom is 0.258 e. The summed E-state index contributed by atoms with van der Waals surface area (Å²) in [6, 6.07) is 8.25. The van der Waals surface area contributed by atoms with Gasteiger partial charge in [-0.25, -0.2) is 4.39 Å². The molecule has 0 aliphatic rings. The minimum atomic E-state index is -0.670. The van der Waals surface area contributed by atoms with Gasteiger partial charge in [-0.3, -0.25) is 9.59 Å². The lowest BCUT2D eigenvalue weighted by Gasteiger charge is -2.08. The van der Waals surface area contributed by atoms with Crippen molar-refractivity contribution in [3.8, 4) is 0 Å². The van der Waals surface area contributed by atoms with Crippen LogP contribution in [0.2, 0.25) is 5.02 Å². The lowest BCUT2D eigenvalue weighted by Crippen LogP contribution is -2.15. The molecule has 0 aliphatic carbocycles. The Hall–Kier alpha value is -1.92. The molecule has 0 heterocycles. The summed E-state index contributed by atoms with van der Waals surface area (Å²) in [5.41, 5.74) is 5.49. The summed E-state index contributed by atoms with van der Waals surface area (Å²) >= 11 is 9.04. The topological polar surface area (TPSA) is 72.2 Å². The monoisotopic (exact) mass is 370 g/mol. The Kier molecular flexibility index (Phi) is 4.59. The van der Waals surface area contributed by atoms with Crippen molar-refractivity contribution in [2.24, 2.45) is 5.73 Å². The number of anilines is 1. The van der Waals surface area contributed by atoms with Crippen molar-refractivity contribution >= 4 is 45.0 Å². The summed E-state index contributed by atoms with van der Waals surface area (Å²) in [4.78, 5) is 23.1. The van der Waals surface area contributed by atoms with Gasteiger partial charge in [0.15, 0.2) is 0 Å². The number of hydrogen-bond donors (Lipinski definition) is 2. The summed E-state index contributed by atoms with van der Waals surface area (Å²) in [6.45, 7) is 0. The molecule has 21 heavy (non-hydrogen) atoms. The van der Waals surface area contributed by atoms with E-state index in [0.717, 1.165) is 0 Å². The molecule has 0 aliphatic heterocycles. The van der Waals surface area contributed by atoms with Gasteiger partial charge >= 0.3 is 0 Å². The van der Waals surface area contributed by atoms with E-state index in [4.69, 9.17) is 17.3 Å². The van der Waals surface area contributed by atoms with Crippen LogP contribution in [0.1, 0.15) is 20.7 Å². The third-order valence-corrected chi connectivity index (χ3v) is 3.47. The van der Waals surface area contributed by atoms with E-state index in [-0.39, 0.29) is 16.1 Å². The lowest BCUT2D eigenvalue weighted by atomic mass is 10.1. The van der Waals surface area contributed by atoms with Gasteiger partial charge in [-0.1, -0.05) is 27.5 Å². The number of hydrogen-bond acceptors (Lipinski definition) is 2. The Balaban J connectivity index is 2.26. The van der Waals surface area contributed by atoms with Crippen molar-refractivity contribution in [2.75, 3.05) is 5.32 Å². The van der Waals surface area contributed by atoms with Crippen molar-refractivity contribution < 1.29 is 14.0 Å². The van der Waals surface area contributed by atoms with E-state index in [0.29, 0.717) is 10.2 Å². The fraction of sp³-hybridized carbons (Fsp3) is 0. The Morgan fingerprint density at radius 2 is 1.86 bits per heavy atom. The smallest absolute Gasteiger partial charge is 0.258 e. The highest BCUT2D eigenvalue weighted by molar-refractivity contribution is 9.10. The van der Waals surface area contributed by atoms with Gasteiger partial charge in [0.25, 0.3) is 5.91 Å². The molecule has 0 spiro atoms. The number of amides is 2. The van der Waals surface area contributed by atoms with Crippen LogP contribution >= 0.6 is 27.5 Å². The predicted octanol–water partition coefficient (Wildman–Crippen LogP) is 3.59. The van der Waals surface area contributed by atoms with E-state index in [1.165, 1.54) is 36.4 Å². The average Bonchev–Trinajstić information content (AvgIpc) is 2.41. The second kappa shape index (κ2) is 6.24. The predicted molar refractivity (Wildman–Crippen MR) is 82.0 cm³/mol. The van der Waals surface area contributed by atoms with Crippen LogP contribution in [0.25, 0.3) is 0 Å². The van der Waals surface area contributed by atoms with Gasteiger partial charge in [0.1, 0.15) is 5.82 Å². The quantitative estimate of drug-likeness (QED) is 0.865. The molecule has 2 aromatic carbocycles. The minimum Gasteiger partial charge on any atom is -0.366 e. The normalized spacial score (nSPS) is 10.2. The van der Waals surface area contributed by atoms with E-state index in [9.17, 15) is 14.0 Å². The van der Waals surface area contributed by atoms with Gasteiger partial charge in [-0.05, 0) is 36.4 Å². The largest absolute Gasteiger partial charge is 0.366 e. The molecule has 0 saturated carbocycles. The highest BCUT2D eigenvalue weighted by Crippen LogP contribution is 2.22. The Bertz CT molecular complexity index is 737. The number of carbonyl (C=O) groups is 2. The van der Waals surface area contributed by atoms with Crippen molar-refractivity contribution in [3.05, 3.63) is 62.8 Å². The number of primary amides is 1. The Morgan fingerprint density at radius 3 is 2.48 bits per heavy atom. The summed E-state index contributed by atoms with van der Waals surface area (Å²) < 4.78 is 14.2. The summed E-state index contributed by atoms with van der Waals surface area (Å²) in [5, 5.41) is 2.60. The molecule has 108 valence electrons. The van der Waals surface area contributed by atoms with Crippen LogP contribution in [0.4, 0.5) is 10.1 Å². The maximum atomic E-state index is 13.6. The van der Waals surface area contributed by atoms with E-state index < -0.39 is 17.6 Å². The first-order valence-electron chi connectivity index (χ1n) is 5.74. The standard InChI is InChI=1S/C14H9BrClFN2O2/c15-7-1-4-12(17)10(5-7)14(21)19-8-2-3-9(13(18)20)11(16)6-8/h1-6H,(H2,18,20)(H,19,21). The molecule has 4 nitrogen and oxygen atoms in total. The van der Waals surface area contributed by atoms with Crippen LogP contribution in [-0.2, 0) is 0 Å². The third-order valence-electron chi connectivity index (χ3n) is 2.67. The first-order valence-corrected chi connectivity index (χ1v) is 6.91. The molecule has 0 unspecified atom stereocenters. The number of rotatable bonds is 3. The number of halogens is 3. The molecule has 0 atom stereocenters. The summed E-state index contributed by atoms with van der Waals surface area (Å²) in [7, 11) is 0. The zero-order valence-corrected chi connectivity index (χ0v) is 12.8. The molecule has 0 radical (unpaired) electrons. The molecular formula is C14H9BrClFN2O2. The molecule has 0 aromatic heterocycles. The van der Waals surface area contributed by atoms with Gasteiger partial charge in [-0.2, -0.15) is 0 Å². The van der Waals surface area contributed by atoms with Gasteiger partial charge < -0.3 is 11.1 Å². The van der Waals surface area contributed by atoms with Gasteiger partial charge in [0.2, 0.25) is 5.91 Å². The maximum absolute atomic E-state index is 13.6. The summed E-state index contributed by atoms with van der Waals surface area (Å²) in [5.74, 6) is -1.94. The molecule has 7 heteroatoms. The number of benzene rings is 2. The number of nitrogens with two attached hydrogens (primary N) is 1. The van der Waals surface area contributed by atoms with Gasteiger partial charge in [0, 0.05) is 10.2 Å². The lowest BCUT2D eigenvalue weighted by molar-refractivity contribution is 0.0998. The van der Waals surface area contributed by atoms with Crippen molar-refractivity contribution in [3.63, 3.8) is 0 Å². The molecule has 0 saturated heterocycles. The highest BCUT2D eigenvalue weighted by atomic mass is 79.9. The van der Waals surface area contributed by atoms with Crippen molar-refractivity contribution in [1.29, 1.82) is 0 Å². The molecule has 2 amide bonds. The van der Waals surface area contributed by atoms with Crippen LogP contribution in [0.3, 0.4) is 0 Å². The third kappa shape index (κ3) is 3.59. The SMILES string of the molecule is NC(=O)c1ccc(NC(=O)c2cc(Br)ccc2F)cc1Cl. The van der Waals surface area contributed by atoms with E-state index in [1.807, 2.05) is 0 Å². The molecule has 0 fully saturated rings. The van der Waals surface area contributed by atoms with Crippen molar-refractivity contribution in [1.82, 2.24) is 0 Å². The zero-order valence-electron chi connectivity index (χ0n) is 10.5. The van der Waals surface area contributed by atoms with Crippen LogP contribution in [0.15, 0.2) is 40.9 Å². The number of nitrogens with one attached hydrogen (secondary N) is 1. The van der Waals surface area contributed by atoms with Gasteiger partial charge in [-0.15, -0.1) is 0 Å². The molecule has 3 N–H and O–H groups in total. The van der Waals surface area contributed by atoms with Crippen LogP contribution in [0.5, 0.6) is 0 Å². The molecular weight excluding hydrogens is 363 g/mol. The first kappa shape index (κ1) is 15.5. The molecule has 2 aromatic rings. The second-order valence-corrected chi connectivity index (χ2v) is 5.46. The zero-order chi connectivity index (χ0) is 15.6. The Labute approximate surface area is 133 Å². The first-order chi connectivity index (χ1) is 9.88. The second-order valence-electron chi connectivity index (χ2n) is 4.14. The molecule has 2 rings (SSSR count). The fourth-order valence-corrected chi connectivity index (χ4v) is 2.30. The van der Waals surface area contributed by atoms with E-state index >= 15 is 0 Å². The van der Waals surface area contributed by atoms with Gasteiger partial charge in [0.05, 0.1) is 16.1 Å². The highest BCUT2D eigenvalue weighted by Gasteiger charge is 2.14. The Morgan fingerprint density at radius 1 is 1.14 bits per heavy atom. The van der Waals surface area contributed by atoms with E-state index in [2.05, 4.69) is 21.2 Å². The minimum absolute atomic E-state index is 0.106. The van der Waals surface area contributed by atoms with Crippen LogP contribution in [0, 0.1) is 5.82 Å². The average molecular weight is 372 g/mol. The fourth-order valence-electron chi connectivity index (χ4n) is 1.66.